The summed E-state index contributed by atoms with van der Waals surface area (Å²) in [6.07, 6.45) is 0.921. The van der Waals surface area contributed by atoms with Crippen LogP contribution in [0.1, 0.15) is 26.3 Å². The molecular weight excluding hydrogens is 328 g/mol. The van der Waals surface area contributed by atoms with Gasteiger partial charge in [0.15, 0.2) is 8.32 Å². The summed E-state index contributed by atoms with van der Waals surface area (Å²) >= 11 is 9.47. The Morgan fingerprint density at radius 3 is 2.39 bits per heavy atom. The van der Waals surface area contributed by atoms with E-state index >= 15 is 0 Å². The monoisotopic (exact) mass is 348 g/mol. The number of benzene rings is 1. The van der Waals surface area contributed by atoms with Gasteiger partial charge in [0, 0.05) is 16.1 Å². The molecule has 0 saturated heterocycles. The SMILES string of the molecule is CC(C)(C)[Si](C)(C)OCCc1ccc(Cl)cc1Br. The van der Waals surface area contributed by atoms with Gasteiger partial charge in [-0.1, -0.05) is 54.4 Å². The third-order valence-electron chi connectivity index (χ3n) is 3.66. The zero-order chi connectivity index (χ0) is 14.0. The molecule has 1 aromatic carbocycles. The summed E-state index contributed by atoms with van der Waals surface area (Å²) in [5.41, 5.74) is 1.25. The van der Waals surface area contributed by atoms with Gasteiger partial charge in [-0.2, -0.15) is 0 Å². The molecule has 0 aliphatic heterocycles. The molecule has 1 aromatic rings. The minimum atomic E-state index is -1.63. The molecule has 0 bridgehead atoms. The van der Waals surface area contributed by atoms with E-state index < -0.39 is 8.32 Å². The maximum Gasteiger partial charge on any atom is 0.191 e. The molecule has 0 radical (unpaired) electrons. The van der Waals surface area contributed by atoms with Crippen LogP contribution in [0.15, 0.2) is 22.7 Å². The number of halogens is 2. The first-order valence-electron chi connectivity index (χ1n) is 6.21. The second-order valence-corrected chi connectivity index (χ2v) is 12.2. The minimum absolute atomic E-state index is 0.268. The largest absolute Gasteiger partial charge is 0.416 e. The number of rotatable bonds is 4. The minimum Gasteiger partial charge on any atom is -0.416 e. The maximum absolute atomic E-state index is 6.17. The van der Waals surface area contributed by atoms with Crippen molar-refractivity contribution in [1.82, 2.24) is 0 Å². The van der Waals surface area contributed by atoms with Gasteiger partial charge in [-0.05, 0) is 42.2 Å². The summed E-state index contributed by atoms with van der Waals surface area (Å²) in [5, 5.41) is 1.03. The van der Waals surface area contributed by atoms with Crippen LogP contribution in [0.3, 0.4) is 0 Å². The molecule has 0 amide bonds. The van der Waals surface area contributed by atoms with Crippen LogP contribution in [0, 0.1) is 0 Å². The fourth-order valence-corrected chi connectivity index (χ4v) is 3.28. The van der Waals surface area contributed by atoms with Crippen LogP contribution >= 0.6 is 27.5 Å². The second kappa shape index (κ2) is 6.08. The van der Waals surface area contributed by atoms with Crippen molar-refractivity contribution in [3.05, 3.63) is 33.3 Å². The van der Waals surface area contributed by atoms with Crippen molar-refractivity contribution in [1.29, 1.82) is 0 Å². The molecule has 0 atom stereocenters. The van der Waals surface area contributed by atoms with Crippen molar-refractivity contribution in [2.45, 2.75) is 45.3 Å². The molecule has 4 heteroatoms. The van der Waals surface area contributed by atoms with E-state index in [4.69, 9.17) is 16.0 Å². The molecule has 0 aliphatic carbocycles. The lowest BCUT2D eigenvalue weighted by Gasteiger charge is -2.36. The molecule has 0 aromatic heterocycles. The van der Waals surface area contributed by atoms with Gasteiger partial charge in [-0.3, -0.25) is 0 Å². The van der Waals surface area contributed by atoms with Crippen LogP contribution in [-0.4, -0.2) is 14.9 Å². The van der Waals surface area contributed by atoms with Crippen molar-refractivity contribution >= 4 is 35.8 Å². The van der Waals surface area contributed by atoms with Gasteiger partial charge < -0.3 is 4.43 Å². The second-order valence-electron chi connectivity index (χ2n) is 6.09. The normalized spacial score (nSPS) is 12.8. The molecule has 102 valence electrons. The number of hydrogen-bond donors (Lipinski definition) is 0. The van der Waals surface area contributed by atoms with Gasteiger partial charge in [0.1, 0.15) is 0 Å². The predicted molar refractivity (Wildman–Crippen MR) is 86.0 cm³/mol. The molecular formula is C14H22BrClOSi. The molecule has 1 nitrogen and oxygen atoms in total. The fraction of sp³-hybridized carbons (Fsp3) is 0.571. The van der Waals surface area contributed by atoms with Crippen molar-refractivity contribution in [3.8, 4) is 0 Å². The van der Waals surface area contributed by atoms with Crippen molar-refractivity contribution in [2.75, 3.05) is 6.61 Å². The van der Waals surface area contributed by atoms with Crippen molar-refractivity contribution in [3.63, 3.8) is 0 Å². The van der Waals surface area contributed by atoms with Gasteiger partial charge in [0.25, 0.3) is 0 Å². The molecule has 1 rings (SSSR count). The summed E-state index contributed by atoms with van der Waals surface area (Å²) in [4.78, 5) is 0. The van der Waals surface area contributed by atoms with E-state index in [1.54, 1.807) is 0 Å². The fourth-order valence-electron chi connectivity index (χ4n) is 1.36. The molecule has 0 saturated carbocycles. The number of hydrogen-bond acceptors (Lipinski definition) is 1. The Hall–Kier alpha value is 0.167. The van der Waals surface area contributed by atoms with E-state index in [-0.39, 0.29) is 5.04 Å². The van der Waals surface area contributed by atoms with Crippen LogP contribution in [0.5, 0.6) is 0 Å². The first-order chi connectivity index (χ1) is 8.13. The van der Waals surface area contributed by atoms with Crippen LogP contribution in [0.4, 0.5) is 0 Å². The van der Waals surface area contributed by atoms with Gasteiger partial charge in [0.2, 0.25) is 0 Å². The van der Waals surface area contributed by atoms with Gasteiger partial charge in [-0.15, -0.1) is 0 Å². The van der Waals surface area contributed by atoms with E-state index in [1.807, 2.05) is 12.1 Å². The summed E-state index contributed by atoms with van der Waals surface area (Å²) < 4.78 is 7.23. The average molecular weight is 350 g/mol. The quantitative estimate of drug-likeness (QED) is 0.637. The first-order valence-corrected chi connectivity index (χ1v) is 10.3. The Kier molecular flexibility index (Phi) is 5.48. The highest BCUT2D eigenvalue weighted by molar-refractivity contribution is 9.10. The van der Waals surface area contributed by atoms with Crippen LogP contribution in [-0.2, 0) is 10.8 Å². The molecule has 18 heavy (non-hydrogen) atoms. The maximum atomic E-state index is 6.17. The summed E-state index contributed by atoms with van der Waals surface area (Å²) in [6.45, 7) is 12.1. The standard InChI is InChI=1S/C14H22BrClOSi/c1-14(2,3)18(4,5)17-9-8-11-6-7-12(16)10-13(11)15/h6-7,10H,8-9H2,1-5H3. The van der Waals surface area contributed by atoms with Crippen LogP contribution in [0.2, 0.25) is 23.2 Å². The summed E-state index contributed by atoms with van der Waals surface area (Å²) in [7, 11) is -1.63. The van der Waals surface area contributed by atoms with E-state index in [2.05, 4.69) is 55.9 Å². The average Bonchev–Trinajstić information content (AvgIpc) is 2.19. The Balaban J connectivity index is 2.57. The third kappa shape index (κ3) is 4.37. The Morgan fingerprint density at radius 2 is 1.89 bits per heavy atom. The molecule has 0 fully saturated rings. The van der Waals surface area contributed by atoms with Gasteiger partial charge in [-0.25, -0.2) is 0 Å². The highest BCUT2D eigenvalue weighted by atomic mass is 79.9. The highest BCUT2D eigenvalue weighted by Gasteiger charge is 2.36. The van der Waals surface area contributed by atoms with Gasteiger partial charge in [0.05, 0.1) is 0 Å². The van der Waals surface area contributed by atoms with Gasteiger partial charge >= 0.3 is 0 Å². The van der Waals surface area contributed by atoms with Crippen LogP contribution in [0.25, 0.3) is 0 Å². The van der Waals surface area contributed by atoms with E-state index in [0.29, 0.717) is 0 Å². The lowest BCUT2D eigenvalue weighted by Crippen LogP contribution is -2.41. The molecule has 0 unspecified atom stereocenters. The Labute approximate surface area is 125 Å². The molecule has 0 N–H and O–H groups in total. The van der Waals surface area contributed by atoms with E-state index in [1.165, 1.54) is 5.56 Å². The lowest BCUT2D eigenvalue weighted by atomic mass is 10.2. The summed E-state index contributed by atoms with van der Waals surface area (Å²) in [6, 6.07) is 5.92. The van der Waals surface area contributed by atoms with E-state index in [0.717, 1.165) is 22.5 Å². The zero-order valence-corrected chi connectivity index (χ0v) is 15.2. The van der Waals surface area contributed by atoms with E-state index in [9.17, 15) is 0 Å². The lowest BCUT2D eigenvalue weighted by molar-refractivity contribution is 0.292. The smallest absolute Gasteiger partial charge is 0.191 e. The Morgan fingerprint density at radius 1 is 1.28 bits per heavy atom. The Bertz CT molecular complexity index is 413. The molecule has 0 aliphatic rings. The first kappa shape index (κ1) is 16.2. The summed E-state index contributed by atoms with van der Waals surface area (Å²) in [5.74, 6) is 0. The predicted octanol–water partition coefficient (Wildman–Crippen LogP) is 5.67. The highest BCUT2D eigenvalue weighted by Crippen LogP contribution is 2.36. The molecule has 0 spiro atoms. The topological polar surface area (TPSA) is 9.23 Å². The van der Waals surface area contributed by atoms with Crippen molar-refractivity contribution < 1.29 is 4.43 Å². The van der Waals surface area contributed by atoms with Crippen LogP contribution < -0.4 is 0 Å². The molecule has 0 heterocycles. The van der Waals surface area contributed by atoms with Crippen molar-refractivity contribution in [2.24, 2.45) is 0 Å². The zero-order valence-electron chi connectivity index (χ0n) is 11.8. The third-order valence-corrected chi connectivity index (χ3v) is 9.17.